The molecule has 4 heteroatoms. The Morgan fingerprint density at radius 2 is 2.10 bits per heavy atom. The van der Waals surface area contributed by atoms with E-state index in [4.69, 9.17) is 0 Å². The van der Waals surface area contributed by atoms with E-state index in [1.165, 1.54) is 5.56 Å². The molecule has 0 aliphatic rings. The Labute approximate surface area is 130 Å². The van der Waals surface area contributed by atoms with Gasteiger partial charge >= 0.3 is 0 Å². The fourth-order valence-electron chi connectivity index (χ4n) is 2.72. The maximum absolute atomic E-state index is 12.2. The molecule has 0 unspecified atom stereocenters. The highest BCUT2D eigenvalue weighted by Crippen LogP contribution is 2.29. The van der Waals surface area contributed by atoms with Gasteiger partial charge in [-0.15, -0.1) is 0 Å². The lowest BCUT2D eigenvalue weighted by Crippen LogP contribution is -2.06. The van der Waals surface area contributed by atoms with Crippen LogP contribution in [0, 0.1) is 0 Å². The first kappa shape index (κ1) is 14.0. The molecule has 0 fully saturated rings. The van der Waals surface area contributed by atoms with Gasteiger partial charge < -0.3 is 9.98 Å². The summed E-state index contributed by atoms with van der Waals surface area (Å²) in [5.41, 5.74) is 1.20. The van der Waals surface area contributed by atoms with Crippen molar-refractivity contribution in [1.29, 1.82) is 0 Å². The van der Waals surface area contributed by atoms with Crippen molar-refractivity contribution in [1.82, 2.24) is 4.98 Å². The quantitative estimate of drug-likeness (QED) is 0.565. The van der Waals surface area contributed by atoms with Gasteiger partial charge in [0.05, 0.1) is 5.39 Å². The molecule has 0 aliphatic carbocycles. The minimum Gasteiger partial charge on any atom is -0.329 e. The first-order valence-corrected chi connectivity index (χ1v) is 7.63. The number of aryl methyl sites for hydroxylation is 1. The Balaban J connectivity index is 2.34. The number of aliphatic imine (C=N–C) groups is 1. The van der Waals surface area contributed by atoms with E-state index in [0.29, 0.717) is 0 Å². The van der Waals surface area contributed by atoms with E-state index in [-0.39, 0.29) is 5.56 Å². The highest BCUT2D eigenvalue weighted by Gasteiger charge is 2.09. The minimum atomic E-state index is -0.0442. The molecule has 2 aromatic carbocycles. The summed E-state index contributed by atoms with van der Waals surface area (Å²) in [5, 5.41) is 3.86. The Bertz CT molecular complexity index is 896. The van der Waals surface area contributed by atoms with Gasteiger partial charge in [-0.2, -0.15) is 0 Å². The molecule has 21 heavy (non-hydrogen) atoms. The smallest absolute Gasteiger partial charge is 0.256 e. The van der Waals surface area contributed by atoms with Gasteiger partial charge in [-0.1, -0.05) is 28.1 Å². The predicted octanol–water partition coefficient (Wildman–Crippen LogP) is 4.08. The molecule has 0 amide bonds. The Kier molecular flexibility index (Phi) is 3.88. The molecule has 0 aliphatic heterocycles. The lowest BCUT2D eigenvalue weighted by Gasteiger charge is -2.09. The second-order valence-electron chi connectivity index (χ2n) is 4.98. The fourth-order valence-corrected chi connectivity index (χ4v) is 3.08. The number of hydrogen-bond acceptors (Lipinski definition) is 2. The molecule has 1 aromatic heterocycles. The van der Waals surface area contributed by atoms with Gasteiger partial charge in [0.15, 0.2) is 0 Å². The molecule has 3 aromatic rings. The Hall–Kier alpha value is -1.94. The molecule has 106 valence electrons. The molecule has 0 atom stereocenters. The summed E-state index contributed by atoms with van der Waals surface area (Å²) in [5.74, 6) is 0. The number of benzene rings is 2. The average Bonchev–Trinajstić information content (AvgIpc) is 2.47. The first-order valence-electron chi connectivity index (χ1n) is 6.84. The van der Waals surface area contributed by atoms with Crippen molar-refractivity contribution >= 4 is 43.7 Å². The molecule has 0 saturated heterocycles. The lowest BCUT2D eigenvalue weighted by atomic mass is 9.96. The molecule has 1 N–H and O–H groups in total. The first-order chi connectivity index (χ1) is 10.2. The normalized spacial score (nSPS) is 11.7. The van der Waals surface area contributed by atoms with Crippen molar-refractivity contribution in [2.45, 2.75) is 12.8 Å². The van der Waals surface area contributed by atoms with Gasteiger partial charge in [0.1, 0.15) is 0 Å². The van der Waals surface area contributed by atoms with Crippen LogP contribution in [-0.4, -0.2) is 18.2 Å². The number of halogens is 1. The standard InChI is InChI=1S/C17H15BrN2O/c1-19-7-2-3-11-9-12-6-8-20-17(21)16(12)15-10-13(18)4-5-14(11)15/h4-10H,2-3H2,1H3,(H,20,21). The van der Waals surface area contributed by atoms with Crippen molar-refractivity contribution in [2.24, 2.45) is 4.99 Å². The third-order valence-electron chi connectivity index (χ3n) is 3.65. The van der Waals surface area contributed by atoms with Crippen molar-refractivity contribution in [3.05, 3.63) is 56.9 Å². The van der Waals surface area contributed by atoms with Crippen LogP contribution in [0.15, 0.2) is 50.8 Å². The second-order valence-corrected chi connectivity index (χ2v) is 5.89. The number of aromatic amines is 1. The summed E-state index contributed by atoms with van der Waals surface area (Å²) < 4.78 is 0.979. The number of pyridine rings is 1. The highest BCUT2D eigenvalue weighted by molar-refractivity contribution is 9.10. The van der Waals surface area contributed by atoms with Crippen LogP contribution in [-0.2, 0) is 6.42 Å². The minimum absolute atomic E-state index is 0.0442. The van der Waals surface area contributed by atoms with Crippen molar-refractivity contribution in [3.63, 3.8) is 0 Å². The van der Waals surface area contributed by atoms with Crippen LogP contribution in [0.4, 0.5) is 0 Å². The van der Waals surface area contributed by atoms with Gasteiger partial charge in [-0.25, -0.2) is 0 Å². The lowest BCUT2D eigenvalue weighted by molar-refractivity contribution is 1.07. The van der Waals surface area contributed by atoms with E-state index in [9.17, 15) is 4.79 Å². The zero-order chi connectivity index (χ0) is 14.8. The van der Waals surface area contributed by atoms with E-state index >= 15 is 0 Å². The number of aromatic nitrogens is 1. The second kappa shape index (κ2) is 5.82. The summed E-state index contributed by atoms with van der Waals surface area (Å²) in [4.78, 5) is 19.0. The number of hydrogen-bond donors (Lipinski definition) is 1. The maximum Gasteiger partial charge on any atom is 0.256 e. The molecule has 1 heterocycles. The topological polar surface area (TPSA) is 45.2 Å². The van der Waals surface area contributed by atoms with Crippen LogP contribution < -0.4 is 5.56 Å². The Morgan fingerprint density at radius 1 is 1.24 bits per heavy atom. The number of nitrogens with one attached hydrogen (secondary N) is 1. The molecule has 3 rings (SSSR count). The number of fused-ring (bicyclic) bond motifs is 3. The van der Waals surface area contributed by atoms with E-state index < -0.39 is 0 Å². The largest absolute Gasteiger partial charge is 0.329 e. The highest BCUT2D eigenvalue weighted by atomic mass is 79.9. The van der Waals surface area contributed by atoms with Crippen LogP contribution >= 0.6 is 15.9 Å². The Morgan fingerprint density at radius 3 is 2.90 bits per heavy atom. The molecular weight excluding hydrogens is 328 g/mol. The van der Waals surface area contributed by atoms with Crippen LogP contribution in [0.5, 0.6) is 0 Å². The molecule has 0 bridgehead atoms. The zero-order valence-electron chi connectivity index (χ0n) is 11.7. The van der Waals surface area contributed by atoms with Gasteiger partial charge in [0.2, 0.25) is 0 Å². The number of H-pyrrole nitrogens is 1. The summed E-state index contributed by atoms with van der Waals surface area (Å²) in [6.07, 6.45) is 5.44. The van der Waals surface area contributed by atoms with Crippen molar-refractivity contribution in [3.8, 4) is 0 Å². The maximum atomic E-state index is 12.2. The molecule has 0 spiro atoms. The zero-order valence-corrected chi connectivity index (χ0v) is 13.3. The van der Waals surface area contributed by atoms with E-state index in [2.05, 4.69) is 38.0 Å². The fraction of sp³-hybridized carbons (Fsp3) is 0.176. The van der Waals surface area contributed by atoms with Gasteiger partial charge in [-0.3, -0.25) is 4.79 Å². The monoisotopic (exact) mass is 342 g/mol. The number of nitrogens with zero attached hydrogens (tertiary/aromatic N) is 1. The molecule has 0 saturated carbocycles. The van der Waals surface area contributed by atoms with E-state index in [1.54, 1.807) is 13.2 Å². The summed E-state index contributed by atoms with van der Waals surface area (Å²) in [6.45, 7) is 0. The van der Waals surface area contributed by atoms with Crippen molar-refractivity contribution in [2.75, 3.05) is 7.05 Å². The van der Waals surface area contributed by atoms with Crippen LogP contribution in [0.2, 0.25) is 0 Å². The van der Waals surface area contributed by atoms with E-state index in [0.717, 1.165) is 38.9 Å². The van der Waals surface area contributed by atoms with Crippen molar-refractivity contribution < 1.29 is 0 Å². The van der Waals surface area contributed by atoms with Crippen LogP contribution in [0.25, 0.3) is 21.5 Å². The average molecular weight is 343 g/mol. The van der Waals surface area contributed by atoms with E-state index in [1.807, 2.05) is 24.4 Å². The number of rotatable bonds is 3. The van der Waals surface area contributed by atoms with Crippen LogP contribution in [0.3, 0.4) is 0 Å². The summed E-state index contributed by atoms with van der Waals surface area (Å²) in [6, 6.07) is 10.2. The SMILES string of the molecule is CN=CCCc1cc2cc[nH]c(=O)c2c2cc(Br)ccc12. The third-order valence-corrected chi connectivity index (χ3v) is 4.14. The summed E-state index contributed by atoms with van der Waals surface area (Å²) in [7, 11) is 1.79. The van der Waals surface area contributed by atoms with Gasteiger partial charge in [0, 0.05) is 17.7 Å². The molecular formula is C17H15BrN2O. The molecule has 3 nitrogen and oxygen atoms in total. The molecule has 0 radical (unpaired) electrons. The van der Waals surface area contributed by atoms with Gasteiger partial charge in [0.25, 0.3) is 5.56 Å². The van der Waals surface area contributed by atoms with Crippen LogP contribution in [0.1, 0.15) is 12.0 Å². The van der Waals surface area contributed by atoms with Gasteiger partial charge in [-0.05, 0) is 59.0 Å². The predicted molar refractivity (Wildman–Crippen MR) is 92.5 cm³/mol. The third kappa shape index (κ3) is 2.63. The summed E-state index contributed by atoms with van der Waals surface area (Å²) >= 11 is 3.50.